The van der Waals surface area contributed by atoms with Gasteiger partial charge >= 0.3 is 0 Å². The Kier molecular flexibility index (Phi) is 2.20. The van der Waals surface area contributed by atoms with Crippen molar-refractivity contribution >= 4 is 22.7 Å². The average molecular weight is 226 g/mol. The van der Waals surface area contributed by atoms with E-state index in [1.165, 1.54) is 11.8 Å². The van der Waals surface area contributed by atoms with E-state index in [4.69, 9.17) is 11.1 Å². The van der Waals surface area contributed by atoms with Crippen molar-refractivity contribution in [3.63, 3.8) is 0 Å². The molecule has 3 N–H and O–H groups in total. The molecule has 3 nitrogen and oxygen atoms in total. The van der Waals surface area contributed by atoms with E-state index < -0.39 is 0 Å². The van der Waals surface area contributed by atoms with Crippen molar-refractivity contribution in [1.82, 2.24) is 0 Å². The first-order chi connectivity index (χ1) is 6.80. The fourth-order valence-electron chi connectivity index (χ4n) is 3.30. The maximum Gasteiger partial charge on any atom is 0.151 e. The number of nitrogens with two attached hydrogens (primary N) is 1. The van der Waals surface area contributed by atoms with Crippen LogP contribution in [0, 0.1) is 22.2 Å². The monoisotopic (exact) mass is 226 g/mol. The Balaban J connectivity index is 2.36. The van der Waals surface area contributed by atoms with Gasteiger partial charge in [-0.2, -0.15) is 0 Å². The molecule has 0 amide bonds. The second kappa shape index (κ2) is 3.00. The summed E-state index contributed by atoms with van der Waals surface area (Å²) in [6.07, 6.45) is 2.10. The van der Waals surface area contributed by atoms with Gasteiger partial charge in [-0.15, -0.1) is 0 Å². The van der Waals surface area contributed by atoms with E-state index in [2.05, 4.69) is 20.8 Å². The van der Waals surface area contributed by atoms with Gasteiger partial charge in [0.2, 0.25) is 0 Å². The van der Waals surface area contributed by atoms with Crippen LogP contribution in [0.25, 0.3) is 0 Å². The van der Waals surface area contributed by atoms with Crippen molar-refractivity contribution in [1.29, 1.82) is 5.41 Å². The molecule has 0 radical (unpaired) electrons. The highest BCUT2D eigenvalue weighted by Gasteiger charge is 2.66. The van der Waals surface area contributed by atoms with E-state index in [1.807, 2.05) is 0 Å². The second-order valence-electron chi connectivity index (χ2n) is 5.49. The highest BCUT2D eigenvalue weighted by molar-refractivity contribution is 8.14. The molecule has 2 fully saturated rings. The minimum absolute atomic E-state index is 0.0189. The van der Waals surface area contributed by atoms with Crippen LogP contribution in [0.3, 0.4) is 0 Å². The number of fused-ring (bicyclic) bond motifs is 2. The van der Waals surface area contributed by atoms with Gasteiger partial charge in [0.1, 0.15) is 5.78 Å². The van der Waals surface area contributed by atoms with Crippen molar-refractivity contribution in [2.75, 3.05) is 0 Å². The van der Waals surface area contributed by atoms with Gasteiger partial charge in [-0.25, -0.2) is 0 Å². The summed E-state index contributed by atoms with van der Waals surface area (Å²) in [4.78, 5) is 12.2. The lowest BCUT2D eigenvalue weighted by Gasteiger charge is -2.37. The first kappa shape index (κ1) is 11.0. The predicted octanol–water partition coefficient (Wildman–Crippen LogP) is 2.01. The number of rotatable bonds is 1. The number of carbonyl (C=O) groups is 1. The van der Waals surface area contributed by atoms with Gasteiger partial charge < -0.3 is 5.73 Å². The summed E-state index contributed by atoms with van der Waals surface area (Å²) in [6, 6.07) is 0. The standard InChI is InChI=1S/C11H18N2OS/c1-10(2)6-4-5-11(10,3)8(7(6)14)15-9(12)13/h6,8H,4-5H2,1-3H3,(H3,12,13)/t6-,8-,11-/m1/s1. The first-order valence-electron chi connectivity index (χ1n) is 5.35. The number of ketones is 1. The highest BCUT2D eigenvalue weighted by Crippen LogP contribution is 2.66. The first-order valence-corrected chi connectivity index (χ1v) is 6.23. The van der Waals surface area contributed by atoms with Crippen LogP contribution in [0.4, 0.5) is 0 Å². The zero-order chi connectivity index (χ0) is 11.4. The molecule has 15 heavy (non-hydrogen) atoms. The molecule has 0 saturated heterocycles. The Bertz CT molecular complexity index is 339. The van der Waals surface area contributed by atoms with Crippen LogP contribution in [-0.2, 0) is 4.79 Å². The van der Waals surface area contributed by atoms with Crippen molar-refractivity contribution in [3.05, 3.63) is 0 Å². The Morgan fingerprint density at radius 3 is 2.53 bits per heavy atom. The molecule has 0 aliphatic heterocycles. The summed E-state index contributed by atoms with van der Waals surface area (Å²) >= 11 is 1.25. The van der Waals surface area contributed by atoms with E-state index >= 15 is 0 Å². The smallest absolute Gasteiger partial charge is 0.151 e. The van der Waals surface area contributed by atoms with Crippen LogP contribution in [0.2, 0.25) is 0 Å². The van der Waals surface area contributed by atoms with E-state index in [9.17, 15) is 4.79 Å². The third-order valence-electron chi connectivity index (χ3n) is 4.72. The minimum atomic E-state index is -0.0938. The van der Waals surface area contributed by atoms with Gasteiger partial charge in [-0.05, 0) is 23.7 Å². The maximum absolute atomic E-state index is 12.2. The molecular weight excluding hydrogens is 208 g/mol. The fourth-order valence-corrected chi connectivity index (χ4v) is 4.52. The predicted molar refractivity (Wildman–Crippen MR) is 62.9 cm³/mol. The van der Waals surface area contributed by atoms with E-state index in [0.29, 0.717) is 5.78 Å². The summed E-state index contributed by atoms with van der Waals surface area (Å²) in [5, 5.41) is 7.31. The second-order valence-corrected chi connectivity index (χ2v) is 6.64. The maximum atomic E-state index is 12.2. The number of thioether (sulfide) groups is 1. The molecule has 3 atom stereocenters. The molecule has 0 heterocycles. The lowest BCUT2D eigenvalue weighted by atomic mass is 9.71. The average Bonchev–Trinajstić information content (AvgIpc) is 2.39. The van der Waals surface area contributed by atoms with Gasteiger partial charge in [-0.1, -0.05) is 32.5 Å². The normalized spacial score (nSPS) is 42.2. The van der Waals surface area contributed by atoms with Crippen LogP contribution >= 0.6 is 11.8 Å². The van der Waals surface area contributed by atoms with Crippen molar-refractivity contribution in [2.45, 2.75) is 38.9 Å². The van der Waals surface area contributed by atoms with Crippen LogP contribution < -0.4 is 5.73 Å². The SMILES string of the molecule is CC1(C)[C@@H]2CC[C@]1(C)[C@H](SC(=N)N)C2=O. The molecular formula is C11H18N2OS. The Hall–Kier alpha value is -0.510. The molecule has 0 spiro atoms. The quantitative estimate of drug-likeness (QED) is 0.531. The summed E-state index contributed by atoms with van der Waals surface area (Å²) in [5.41, 5.74) is 5.49. The van der Waals surface area contributed by atoms with Crippen LogP contribution in [0.5, 0.6) is 0 Å². The topological polar surface area (TPSA) is 66.9 Å². The molecule has 2 saturated carbocycles. The Morgan fingerprint density at radius 2 is 2.13 bits per heavy atom. The largest absolute Gasteiger partial charge is 0.379 e. The molecule has 2 aliphatic carbocycles. The van der Waals surface area contributed by atoms with Gasteiger partial charge in [0.15, 0.2) is 5.17 Å². The number of nitrogens with one attached hydrogen (secondary N) is 1. The van der Waals surface area contributed by atoms with Gasteiger partial charge in [0, 0.05) is 5.92 Å². The van der Waals surface area contributed by atoms with E-state index in [-0.39, 0.29) is 27.2 Å². The molecule has 0 unspecified atom stereocenters. The molecule has 4 heteroatoms. The molecule has 0 aromatic heterocycles. The summed E-state index contributed by atoms with van der Waals surface area (Å²) in [6.45, 7) is 6.55. The number of hydrogen-bond donors (Lipinski definition) is 2. The molecule has 2 bridgehead atoms. The molecule has 0 aromatic rings. The molecule has 0 aromatic carbocycles. The minimum Gasteiger partial charge on any atom is -0.379 e. The van der Waals surface area contributed by atoms with Gasteiger partial charge in [-0.3, -0.25) is 10.2 Å². The zero-order valence-corrected chi connectivity index (χ0v) is 10.3. The fraction of sp³-hybridized carbons (Fsp3) is 0.818. The van der Waals surface area contributed by atoms with E-state index in [0.717, 1.165) is 12.8 Å². The van der Waals surface area contributed by atoms with Crippen LogP contribution in [0.1, 0.15) is 33.6 Å². The van der Waals surface area contributed by atoms with Crippen molar-refractivity contribution in [3.8, 4) is 0 Å². The summed E-state index contributed by atoms with van der Waals surface area (Å²) < 4.78 is 0. The molecule has 2 aliphatic rings. The number of Topliss-reactive ketones (excluding diaryl/α,β-unsaturated/α-hetero) is 1. The Labute approximate surface area is 94.7 Å². The van der Waals surface area contributed by atoms with Crippen molar-refractivity contribution in [2.24, 2.45) is 22.5 Å². The van der Waals surface area contributed by atoms with Gasteiger partial charge in [0.05, 0.1) is 5.25 Å². The van der Waals surface area contributed by atoms with Crippen molar-refractivity contribution < 1.29 is 4.79 Å². The van der Waals surface area contributed by atoms with Crippen LogP contribution in [0.15, 0.2) is 0 Å². The number of hydrogen-bond acceptors (Lipinski definition) is 3. The lowest BCUT2D eigenvalue weighted by Crippen LogP contribution is -2.37. The molecule has 84 valence electrons. The third kappa shape index (κ3) is 1.20. The number of carbonyl (C=O) groups excluding carboxylic acids is 1. The van der Waals surface area contributed by atoms with Crippen LogP contribution in [-0.4, -0.2) is 16.2 Å². The zero-order valence-electron chi connectivity index (χ0n) is 9.46. The molecule has 2 rings (SSSR count). The number of amidine groups is 1. The summed E-state index contributed by atoms with van der Waals surface area (Å²) in [7, 11) is 0. The Morgan fingerprint density at radius 1 is 1.53 bits per heavy atom. The third-order valence-corrected chi connectivity index (χ3v) is 5.96. The van der Waals surface area contributed by atoms with E-state index in [1.54, 1.807) is 0 Å². The summed E-state index contributed by atoms with van der Waals surface area (Å²) in [5.74, 6) is 0.494. The van der Waals surface area contributed by atoms with Gasteiger partial charge in [0.25, 0.3) is 0 Å². The lowest BCUT2D eigenvalue weighted by molar-refractivity contribution is -0.122. The highest BCUT2D eigenvalue weighted by atomic mass is 32.2.